The van der Waals surface area contributed by atoms with Crippen LogP contribution in [0.4, 0.5) is 0 Å². The molecule has 1 heterocycles. The SMILES string of the molecule is Cc1ccc(Cc2ccc(Br)nc2CC(N)O)c(C)c1. The largest absolute Gasteiger partial charge is 0.378 e. The van der Waals surface area contributed by atoms with Crippen molar-refractivity contribution < 1.29 is 5.11 Å². The Bertz CT molecular complexity index is 611. The van der Waals surface area contributed by atoms with E-state index >= 15 is 0 Å². The summed E-state index contributed by atoms with van der Waals surface area (Å²) >= 11 is 3.36. The van der Waals surface area contributed by atoms with Crippen molar-refractivity contribution >= 4 is 15.9 Å². The van der Waals surface area contributed by atoms with Gasteiger partial charge in [-0.1, -0.05) is 29.8 Å². The molecule has 2 aromatic rings. The summed E-state index contributed by atoms with van der Waals surface area (Å²) in [5.74, 6) is 0. The fourth-order valence-corrected chi connectivity index (χ4v) is 2.63. The highest BCUT2D eigenvalue weighted by Crippen LogP contribution is 2.20. The summed E-state index contributed by atoms with van der Waals surface area (Å²) in [6.07, 6.45) is 0.281. The van der Waals surface area contributed by atoms with Gasteiger partial charge in [0.1, 0.15) is 10.8 Å². The Morgan fingerprint density at radius 2 is 1.90 bits per heavy atom. The monoisotopic (exact) mass is 334 g/mol. The molecule has 0 fully saturated rings. The van der Waals surface area contributed by atoms with Gasteiger partial charge < -0.3 is 10.8 Å². The van der Waals surface area contributed by atoms with Gasteiger partial charge in [0.15, 0.2) is 0 Å². The Kier molecular flexibility index (Phi) is 4.91. The third kappa shape index (κ3) is 3.88. The summed E-state index contributed by atoms with van der Waals surface area (Å²) in [4.78, 5) is 4.43. The fraction of sp³-hybridized carbons (Fsp3) is 0.312. The molecule has 1 aromatic carbocycles. The van der Waals surface area contributed by atoms with Crippen LogP contribution in [0, 0.1) is 13.8 Å². The molecule has 1 atom stereocenters. The Morgan fingerprint density at radius 3 is 2.55 bits per heavy atom. The van der Waals surface area contributed by atoms with Gasteiger partial charge in [0, 0.05) is 12.1 Å². The summed E-state index contributed by atoms with van der Waals surface area (Å²) < 4.78 is 0.762. The summed E-state index contributed by atoms with van der Waals surface area (Å²) in [5.41, 5.74) is 11.2. The molecule has 106 valence electrons. The van der Waals surface area contributed by atoms with Gasteiger partial charge in [-0.2, -0.15) is 0 Å². The van der Waals surface area contributed by atoms with E-state index in [4.69, 9.17) is 5.73 Å². The minimum Gasteiger partial charge on any atom is -0.378 e. The number of aliphatic hydroxyl groups excluding tert-OH is 1. The standard InChI is InChI=1S/C16H19BrN2O/c1-10-3-4-12(11(2)7-10)8-13-5-6-15(17)19-14(13)9-16(18)20/h3-7,16,20H,8-9,18H2,1-2H3. The van der Waals surface area contributed by atoms with E-state index in [9.17, 15) is 5.11 Å². The number of nitrogens with two attached hydrogens (primary N) is 1. The van der Waals surface area contributed by atoms with Crippen molar-refractivity contribution in [1.29, 1.82) is 0 Å². The first-order valence-corrected chi connectivity index (χ1v) is 7.39. The first-order valence-electron chi connectivity index (χ1n) is 6.60. The zero-order valence-electron chi connectivity index (χ0n) is 11.7. The summed E-state index contributed by atoms with van der Waals surface area (Å²) in [6.45, 7) is 4.21. The molecule has 0 spiro atoms. The Labute approximate surface area is 128 Å². The molecule has 2 rings (SSSR count). The van der Waals surface area contributed by atoms with Crippen LogP contribution in [0.5, 0.6) is 0 Å². The summed E-state index contributed by atoms with van der Waals surface area (Å²) in [5, 5.41) is 9.40. The van der Waals surface area contributed by atoms with Gasteiger partial charge in [0.25, 0.3) is 0 Å². The number of nitrogens with zero attached hydrogens (tertiary/aromatic N) is 1. The maximum atomic E-state index is 9.40. The molecule has 1 unspecified atom stereocenters. The van der Waals surface area contributed by atoms with Crippen molar-refractivity contribution in [2.75, 3.05) is 0 Å². The molecule has 3 nitrogen and oxygen atoms in total. The molecule has 4 heteroatoms. The van der Waals surface area contributed by atoms with Crippen molar-refractivity contribution in [3.8, 4) is 0 Å². The third-order valence-electron chi connectivity index (χ3n) is 3.32. The predicted octanol–water partition coefficient (Wildman–Crippen LogP) is 2.87. The highest BCUT2D eigenvalue weighted by Gasteiger charge is 2.10. The van der Waals surface area contributed by atoms with Crippen LogP contribution in [0.15, 0.2) is 34.9 Å². The Hall–Kier alpha value is -1.23. The number of aryl methyl sites for hydroxylation is 2. The van der Waals surface area contributed by atoms with Crippen LogP contribution < -0.4 is 5.73 Å². The second kappa shape index (κ2) is 6.48. The number of pyridine rings is 1. The molecule has 0 saturated carbocycles. The molecular formula is C16H19BrN2O. The Morgan fingerprint density at radius 1 is 1.20 bits per heavy atom. The molecule has 20 heavy (non-hydrogen) atoms. The van der Waals surface area contributed by atoms with Gasteiger partial charge in [-0.3, -0.25) is 0 Å². The van der Waals surface area contributed by atoms with E-state index < -0.39 is 6.23 Å². The van der Waals surface area contributed by atoms with Gasteiger partial charge in [-0.25, -0.2) is 4.98 Å². The number of hydrogen-bond acceptors (Lipinski definition) is 3. The van der Waals surface area contributed by atoms with Crippen LogP contribution in [0.2, 0.25) is 0 Å². The zero-order chi connectivity index (χ0) is 14.7. The first-order chi connectivity index (χ1) is 9.45. The van der Waals surface area contributed by atoms with E-state index in [1.54, 1.807) is 0 Å². The molecule has 0 radical (unpaired) electrons. The molecule has 0 saturated heterocycles. The topological polar surface area (TPSA) is 59.1 Å². The minimum atomic E-state index is -0.880. The second-order valence-corrected chi connectivity index (χ2v) is 5.93. The van der Waals surface area contributed by atoms with E-state index in [0.717, 1.165) is 22.3 Å². The van der Waals surface area contributed by atoms with Crippen molar-refractivity contribution in [1.82, 2.24) is 4.98 Å². The van der Waals surface area contributed by atoms with E-state index in [1.807, 2.05) is 12.1 Å². The lowest BCUT2D eigenvalue weighted by atomic mass is 9.97. The van der Waals surface area contributed by atoms with Gasteiger partial charge in [-0.05, 0) is 59.0 Å². The lowest BCUT2D eigenvalue weighted by Gasteiger charge is -2.12. The quantitative estimate of drug-likeness (QED) is 0.667. The molecule has 0 bridgehead atoms. The number of aromatic nitrogens is 1. The number of aliphatic hydroxyl groups is 1. The minimum absolute atomic E-state index is 0.361. The van der Waals surface area contributed by atoms with Crippen LogP contribution >= 0.6 is 15.9 Å². The molecule has 0 aliphatic rings. The molecule has 1 aromatic heterocycles. The molecule has 0 aliphatic carbocycles. The highest BCUT2D eigenvalue weighted by molar-refractivity contribution is 9.10. The lowest BCUT2D eigenvalue weighted by molar-refractivity contribution is 0.181. The van der Waals surface area contributed by atoms with Crippen LogP contribution in [0.1, 0.15) is 27.9 Å². The van der Waals surface area contributed by atoms with E-state index in [-0.39, 0.29) is 0 Å². The predicted molar refractivity (Wildman–Crippen MR) is 84.6 cm³/mol. The molecule has 0 amide bonds. The van der Waals surface area contributed by atoms with E-state index in [0.29, 0.717) is 6.42 Å². The maximum Gasteiger partial charge on any atom is 0.108 e. The van der Waals surface area contributed by atoms with Crippen LogP contribution in [0.3, 0.4) is 0 Å². The van der Waals surface area contributed by atoms with Crippen LogP contribution in [-0.4, -0.2) is 16.3 Å². The molecular weight excluding hydrogens is 316 g/mol. The maximum absolute atomic E-state index is 9.40. The second-order valence-electron chi connectivity index (χ2n) is 5.12. The number of rotatable bonds is 4. The van der Waals surface area contributed by atoms with Crippen LogP contribution in [-0.2, 0) is 12.8 Å². The van der Waals surface area contributed by atoms with Crippen molar-refractivity contribution in [3.63, 3.8) is 0 Å². The van der Waals surface area contributed by atoms with Crippen LogP contribution in [0.25, 0.3) is 0 Å². The van der Waals surface area contributed by atoms with Gasteiger partial charge in [0.05, 0.1) is 0 Å². The first kappa shape index (κ1) is 15.2. The molecule has 0 aliphatic heterocycles. The van der Waals surface area contributed by atoms with Crippen molar-refractivity contribution in [2.24, 2.45) is 5.73 Å². The lowest BCUT2D eigenvalue weighted by Crippen LogP contribution is -2.23. The van der Waals surface area contributed by atoms with E-state index in [2.05, 4.69) is 53.0 Å². The zero-order valence-corrected chi connectivity index (χ0v) is 13.3. The van der Waals surface area contributed by atoms with Gasteiger partial charge >= 0.3 is 0 Å². The van der Waals surface area contributed by atoms with Crippen molar-refractivity contribution in [3.05, 3.63) is 62.9 Å². The van der Waals surface area contributed by atoms with E-state index in [1.165, 1.54) is 16.7 Å². The smallest absolute Gasteiger partial charge is 0.108 e. The molecule has 3 N–H and O–H groups in total. The highest BCUT2D eigenvalue weighted by atomic mass is 79.9. The number of halogens is 1. The Balaban J connectivity index is 2.32. The summed E-state index contributed by atoms with van der Waals surface area (Å²) in [7, 11) is 0. The summed E-state index contributed by atoms with van der Waals surface area (Å²) in [6, 6.07) is 10.4. The number of hydrogen-bond donors (Lipinski definition) is 2. The average Bonchev–Trinajstić information content (AvgIpc) is 2.34. The number of benzene rings is 1. The van der Waals surface area contributed by atoms with Gasteiger partial charge in [0.2, 0.25) is 0 Å². The normalized spacial score (nSPS) is 12.4. The third-order valence-corrected chi connectivity index (χ3v) is 3.76. The van der Waals surface area contributed by atoms with Crippen molar-refractivity contribution in [2.45, 2.75) is 32.9 Å². The van der Waals surface area contributed by atoms with Gasteiger partial charge in [-0.15, -0.1) is 0 Å². The fourth-order valence-electron chi connectivity index (χ4n) is 2.29. The average molecular weight is 335 g/mol.